The van der Waals surface area contributed by atoms with E-state index in [0.29, 0.717) is 30.3 Å². The molecule has 1 amide bonds. The molecule has 4 heterocycles. The van der Waals surface area contributed by atoms with Crippen LogP contribution in [0, 0.1) is 6.92 Å². The van der Waals surface area contributed by atoms with E-state index in [1.165, 1.54) is 6.92 Å². The number of amides is 1. The molecule has 0 unspecified atom stereocenters. The number of hydrogen-bond donors (Lipinski definition) is 0. The minimum absolute atomic E-state index is 0.0396. The van der Waals surface area contributed by atoms with E-state index in [4.69, 9.17) is 9.47 Å². The molecule has 1 atom stereocenters. The van der Waals surface area contributed by atoms with Crippen LogP contribution in [0.5, 0.6) is 11.5 Å². The molecule has 5 rings (SSSR count). The first-order valence-electron chi connectivity index (χ1n) is 10.4. The first-order valence-corrected chi connectivity index (χ1v) is 10.4. The lowest BCUT2D eigenvalue weighted by Crippen LogP contribution is -2.40. The fourth-order valence-electron chi connectivity index (χ4n) is 4.30. The number of alkyl halides is 3. The Morgan fingerprint density at radius 3 is 2.81 bits per heavy atom. The third-order valence-corrected chi connectivity index (χ3v) is 5.85. The molecule has 7 nitrogen and oxygen atoms in total. The summed E-state index contributed by atoms with van der Waals surface area (Å²) in [5.74, 6) is 1.10. The zero-order valence-electron chi connectivity index (χ0n) is 17.4. The number of benzene rings is 1. The van der Waals surface area contributed by atoms with Crippen molar-refractivity contribution in [3.63, 3.8) is 0 Å². The van der Waals surface area contributed by atoms with Gasteiger partial charge in [-0.2, -0.15) is 18.3 Å². The first-order chi connectivity index (χ1) is 15.3. The molecule has 2 aliphatic rings. The molecule has 168 valence electrons. The summed E-state index contributed by atoms with van der Waals surface area (Å²) in [5, 5.41) is 4.23. The van der Waals surface area contributed by atoms with Crippen LogP contribution in [0.1, 0.15) is 41.4 Å². The Labute approximate surface area is 181 Å². The summed E-state index contributed by atoms with van der Waals surface area (Å²) in [4.78, 5) is 18.9. The Morgan fingerprint density at radius 1 is 1.19 bits per heavy atom. The van der Waals surface area contributed by atoms with Crippen molar-refractivity contribution in [3.8, 4) is 11.5 Å². The van der Waals surface area contributed by atoms with Gasteiger partial charge in [-0.25, -0.2) is 9.50 Å². The minimum atomic E-state index is -4.53. The molecule has 0 N–H and O–H groups in total. The van der Waals surface area contributed by atoms with Crippen molar-refractivity contribution >= 4 is 11.6 Å². The molecule has 0 radical (unpaired) electrons. The lowest BCUT2D eigenvalue weighted by Gasteiger charge is -2.32. The van der Waals surface area contributed by atoms with Crippen molar-refractivity contribution in [3.05, 3.63) is 53.0 Å². The van der Waals surface area contributed by atoms with E-state index >= 15 is 0 Å². The molecule has 3 aromatic rings. The highest BCUT2D eigenvalue weighted by molar-refractivity contribution is 5.79. The number of aryl methyl sites for hydroxylation is 1. The molecule has 0 saturated carbocycles. The van der Waals surface area contributed by atoms with Crippen LogP contribution >= 0.6 is 0 Å². The maximum Gasteiger partial charge on any atom is 0.433 e. The highest BCUT2D eigenvalue weighted by Crippen LogP contribution is 2.34. The number of carbonyl (C=O) groups excluding carboxylic acids is 1. The van der Waals surface area contributed by atoms with Crippen LogP contribution in [0.2, 0.25) is 0 Å². The number of hydrogen-bond acceptors (Lipinski definition) is 5. The normalized spacial score (nSPS) is 18.4. The lowest BCUT2D eigenvalue weighted by molar-refractivity contribution is -0.142. The molecule has 10 heteroatoms. The summed E-state index contributed by atoms with van der Waals surface area (Å²) in [7, 11) is 0. The number of piperidine rings is 1. The summed E-state index contributed by atoms with van der Waals surface area (Å²) in [6.07, 6.45) is -2.82. The fourth-order valence-corrected chi connectivity index (χ4v) is 4.30. The van der Waals surface area contributed by atoms with Gasteiger partial charge >= 0.3 is 6.18 Å². The topological polar surface area (TPSA) is 69.0 Å². The van der Waals surface area contributed by atoms with Gasteiger partial charge in [0.1, 0.15) is 5.69 Å². The molecule has 1 aromatic carbocycles. The van der Waals surface area contributed by atoms with Crippen LogP contribution in [0.15, 0.2) is 30.3 Å². The van der Waals surface area contributed by atoms with E-state index in [2.05, 4.69) is 10.1 Å². The maximum atomic E-state index is 13.4. The average molecular weight is 446 g/mol. The van der Waals surface area contributed by atoms with Crippen LogP contribution in [0.3, 0.4) is 0 Å². The van der Waals surface area contributed by atoms with Gasteiger partial charge in [0.25, 0.3) is 0 Å². The maximum absolute atomic E-state index is 13.4. The zero-order valence-corrected chi connectivity index (χ0v) is 17.4. The Bertz CT molecular complexity index is 1190. The number of halogens is 3. The van der Waals surface area contributed by atoms with Crippen LogP contribution in [0.4, 0.5) is 13.2 Å². The Hall–Kier alpha value is -3.30. The van der Waals surface area contributed by atoms with Gasteiger partial charge in [0.2, 0.25) is 12.7 Å². The lowest BCUT2D eigenvalue weighted by atomic mass is 9.94. The molecule has 0 bridgehead atoms. The van der Waals surface area contributed by atoms with Crippen LogP contribution < -0.4 is 9.47 Å². The molecular formula is C22H21F3N4O3. The molecule has 1 fully saturated rings. The predicted molar refractivity (Wildman–Crippen MR) is 108 cm³/mol. The van der Waals surface area contributed by atoms with E-state index < -0.39 is 11.9 Å². The van der Waals surface area contributed by atoms with Gasteiger partial charge in [-0.15, -0.1) is 0 Å². The van der Waals surface area contributed by atoms with Gasteiger partial charge < -0.3 is 14.4 Å². The quantitative estimate of drug-likeness (QED) is 0.613. The summed E-state index contributed by atoms with van der Waals surface area (Å²) >= 11 is 0. The van der Waals surface area contributed by atoms with Gasteiger partial charge in [0.15, 0.2) is 17.1 Å². The van der Waals surface area contributed by atoms with Gasteiger partial charge in [-0.1, -0.05) is 6.07 Å². The monoisotopic (exact) mass is 446 g/mol. The number of carbonyl (C=O) groups is 1. The van der Waals surface area contributed by atoms with Crippen molar-refractivity contribution in [2.45, 2.75) is 38.3 Å². The largest absolute Gasteiger partial charge is 0.454 e. The number of nitrogens with zero attached hydrogens (tertiary/aromatic N) is 4. The second-order valence-corrected chi connectivity index (χ2v) is 8.16. The Kier molecular flexibility index (Phi) is 4.94. The van der Waals surface area contributed by atoms with Gasteiger partial charge in [0, 0.05) is 30.8 Å². The summed E-state index contributed by atoms with van der Waals surface area (Å²) in [6.45, 7) is 2.72. The van der Waals surface area contributed by atoms with Crippen molar-refractivity contribution in [2.75, 3.05) is 19.9 Å². The number of fused-ring (bicyclic) bond motifs is 2. The van der Waals surface area contributed by atoms with Crippen LogP contribution in [-0.4, -0.2) is 45.3 Å². The molecular weight excluding hydrogens is 425 g/mol. The SMILES string of the molecule is Cc1cc(C(F)(F)F)n2nc([C@@H]3CCCN(C(=O)Cc4ccc5c(c4)OCO5)C3)cc2n1. The number of aromatic nitrogens is 3. The van der Waals surface area contributed by atoms with E-state index in [0.717, 1.165) is 29.0 Å². The highest BCUT2D eigenvalue weighted by atomic mass is 19.4. The second-order valence-electron chi connectivity index (χ2n) is 8.16. The smallest absolute Gasteiger partial charge is 0.433 e. The first kappa shape index (κ1) is 20.6. The van der Waals surface area contributed by atoms with Crippen LogP contribution in [-0.2, 0) is 17.4 Å². The Balaban J connectivity index is 1.34. The zero-order chi connectivity index (χ0) is 22.5. The van der Waals surface area contributed by atoms with Crippen molar-refractivity contribution in [1.29, 1.82) is 0 Å². The number of likely N-dealkylation sites (tertiary alicyclic amines) is 1. The van der Waals surface area contributed by atoms with E-state index in [1.807, 2.05) is 6.07 Å². The van der Waals surface area contributed by atoms with Crippen LogP contribution in [0.25, 0.3) is 5.65 Å². The molecule has 0 aliphatic carbocycles. The van der Waals surface area contributed by atoms with Crippen molar-refractivity contribution < 1.29 is 27.4 Å². The predicted octanol–water partition coefficient (Wildman–Crippen LogP) is 3.73. The number of rotatable bonds is 3. The van der Waals surface area contributed by atoms with Gasteiger partial charge in [0.05, 0.1) is 12.1 Å². The van der Waals surface area contributed by atoms with E-state index in [1.54, 1.807) is 23.1 Å². The van der Waals surface area contributed by atoms with Crippen molar-refractivity contribution in [2.24, 2.45) is 0 Å². The standard InChI is InChI=1S/C22H21F3N4O3/c1-13-7-19(22(23,24)25)29-20(26-13)10-16(27-29)15-3-2-6-28(11-15)21(30)9-14-4-5-17-18(8-14)32-12-31-17/h4-5,7-8,10,15H,2-3,6,9,11-12H2,1H3/t15-/m1/s1. The van der Waals surface area contributed by atoms with E-state index in [9.17, 15) is 18.0 Å². The molecule has 0 spiro atoms. The second kappa shape index (κ2) is 7.68. The third-order valence-electron chi connectivity index (χ3n) is 5.85. The highest BCUT2D eigenvalue weighted by Gasteiger charge is 2.35. The summed E-state index contributed by atoms with van der Waals surface area (Å²) < 4.78 is 51.9. The minimum Gasteiger partial charge on any atom is -0.454 e. The molecule has 1 saturated heterocycles. The third kappa shape index (κ3) is 3.85. The fraction of sp³-hybridized carbons (Fsp3) is 0.409. The average Bonchev–Trinajstić information content (AvgIpc) is 3.39. The molecule has 32 heavy (non-hydrogen) atoms. The molecule has 2 aromatic heterocycles. The number of ether oxygens (including phenoxy) is 2. The van der Waals surface area contributed by atoms with E-state index in [-0.39, 0.29) is 36.4 Å². The summed E-state index contributed by atoms with van der Waals surface area (Å²) in [5.41, 5.74) is 0.937. The Morgan fingerprint density at radius 2 is 2.00 bits per heavy atom. The summed E-state index contributed by atoms with van der Waals surface area (Å²) in [6, 6.07) is 8.01. The van der Waals surface area contributed by atoms with Gasteiger partial charge in [-0.3, -0.25) is 4.79 Å². The van der Waals surface area contributed by atoms with Gasteiger partial charge in [-0.05, 0) is 43.5 Å². The molecule has 2 aliphatic heterocycles. The van der Waals surface area contributed by atoms with Crippen molar-refractivity contribution in [1.82, 2.24) is 19.5 Å².